The van der Waals surface area contributed by atoms with Crippen molar-refractivity contribution in [3.8, 4) is 11.5 Å². The number of fused-ring (bicyclic) bond motifs is 2. The first-order chi connectivity index (χ1) is 11.2. The molecule has 0 saturated carbocycles. The molecule has 4 nitrogen and oxygen atoms in total. The molecule has 0 aliphatic carbocycles. The van der Waals surface area contributed by atoms with Gasteiger partial charge in [0.05, 0.1) is 6.42 Å². The smallest absolute Gasteiger partial charge is 0.307 e. The molecule has 0 unspecified atom stereocenters. The molecular weight excluding hydrogens is 290 g/mol. The van der Waals surface area contributed by atoms with Crippen LogP contribution in [0, 0.1) is 0 Å². The number of benzene rings is 3. The molecule has 112 valence electrons. The summed E-state index contributed by atoms with van der Waals surface area (Å²) in [5, 5.41) is 11.1. The summed E-state index contributed by atoms with van der Waals surface area (Å²) in [6, 6.07) is 19.4. The van der Waals surface area contributed by atoms with Crippen LogP contribution in [0.1, 0.15) is 5.56 Å². The molecule has 0 bridgehead atoms. The van der Waals surface area contributed by atoms with Gasteiger partial charge in [-0.15, -0.1) is 0 Å². The molecule has 0 radical (unpaired) electrons. The minimum Gasteiger partial charge on any atom is -0.481 e. The van der Waals surface area contributed by atoms with E-state index in [1.807, 2.05) is 42.5 Å². The Morgan fingerprint density at radius 2 is 1.87 bits per heavy atom. The first-order valence-electron chi connectivity index (χ1n) is 7.30. The Labute approximate surface area is 132 Å². The van der Waals surface area contributed by atoms with Gasteiger partial charge in [0.15, 0.2) is 5.58 Å². The molecule has 1 N–H and O–H groups in total. The highest BCUT2D eigenvalue weighted by molar-refractivity contribution is 5.95. The van der Waals surface area contributed by atoms with Crippen molar-refractivity contribution in [2.75, 3.05) is 0 Å². The number of oxazole rings is 1. The van der Waals surface area contributed by atoms with E-state index >= 15 is 0 Å². The first-order valence-corrected chi connectivity index (χ1v) is 7.30. The molecule has 0 amide bonds. The van der Waals surface area contributed by atoms with Crippen molar-refractivity contribution in [3.63, 3.8) is 0 Å². The summed E-state index contributed by atoms with van der Waals surface area (Å²) >= 11 is 0. The molecule has 4 rings (SSSR count). The Balaban J connectivity index is 1.86. The minimum absolute atomic E-state index is 0.0275. The number of hydrogen-bond donors (Lipinski definition) is 1. The van der Waals surface area contributed by atoms with E-state index in [1.165, 1.54) is 0 Å². The molecule has 0 saturated heterocycles. The van der Waals surface area contributed by atoms with Crippen molar-refractivity contribution in [2.45, 2.75) is 6.42 Å². The van der Waals surface area contributed by atoms with E-state index in [9.17, 15) is 4.79 Å². The molecule has 0 aliphatic heterocycles. The molecule has 0 atom stereocenters. The molecular formula is C19H13NO3. The van der Waals surface area contributed by atoms with E-state index < -0.39 is 5.97 Å². The average Bonchev–Trinajstić information content (AvgIpc) is 2.96. The van der Waals surface area contributed by atoms with Crippen LogP contribution >= 0.6 is 0 Å². The van der Waals surface area contributed by atoms with Gasteiger partial charge in [-0.3, -0.25) is 4.79 Å². The van der Waals surface area contributed by atoms with Gasteiger partial charge >= 0.3 is 5.97 Å². The zero-order chi connectivity index (χ0) is 15.8. The lowest BCUT2D eigenvalue weighted by molar-refractivity contribution is -0.136. The summed E-state index contributed by atoms with van der Waals surface area (Å²) < 4.78 is 5.88. The number of hydrogen-bond acceptors (Lipinski definition) is 3. The van der Waals surface area contributed by atoms with Crippen LogP contribution in [0.25, 0.3) is 33.3 Å². The van der Waals surface area contributed by atoms with Crippen LogP contribution in [-0.2, 0) is 11.2 Å². The summed E-state index contributed by atoms with van der Waals surface area (Å²) in [5.74, 6) is -0.317. The maximum Gasteiger partial charge on any atom is 0.307 e. The maximum atomic E-state index is 10.8. The largest absolute Gasteiger partial charge is 0.481 e. The molecule has 0 aliphatic rings. The zero-order valence-electron chi connectivity index (χ0n) is 12.2. The van der Waals surface area contributed by atoms with Crippen LogP contribution < -0.4 is 0 Å². The van der Waals surface area contributed by atoms with Crippen molar-refractivity contribution in [2.24, 2.45) is 0 Å². The minimum atomic E-state index is -0.863. The lowest BCUT2D eigenvalue weighted by Gasteiger charge is -2.01. The van der Waals surface area contributed by atoms with Gasteiger partial charge in [0.25, 0.3) is 0 Å². The van der Waals surface area contributed by atoms with Crippen molar-refractivity contribution >= 4 is 27.8 Å². The van der Waals surface area contributed by atoms with E-state index in [0.29, 0.717) is 17.0 Å². The highest BCUT2D eigenvalue weighted by Gasteiger charge is 2.12. The molecule has 0 fully saturated rings. The Hall–Kier alpha value is -3.14. The predicted molar refractivity (Wildman–Crippen MR) is 88.3 cm³/mol. The van der Waals surface area contributed by atoms with E-state index in [1.54, 1.807) is 18.2 Å². The fourth-order valence-corrected chi connectivity index (χ4v) is 2.78. The number of rotatable bonds is 3. The van der Waals surface area contributed by atoms with Gasteiger partial charge in [-0.2, -0.15) is 0 Å². The van der Waals surface area contributed by atoms with Crippen LogP contribution in [0.15, 0.2) is 65.1 Å². The van der Waals surface area contributed by atoms with Crippen molar-refractivity contribution in [1.29, 1.82) is 0 Å². The number of aromatic nitrogens is 1. The molecule has 4 heteroatoms. The lowest BCUT2D eigenvalue weighted by Crippen LogP contribution is -1.99. The highest BCUT2D eigenvalue weighted by atomic mass is 16.4. The summed E-state index contributed by atoms with van der Waals surface area (Å²) in [7, 11) is 0. The van der Waals surface area contributed by atoms with Gasteiger partial charge in [0.1, 0.15) is 5.52 Å². The summed E-state index contributed by atoms with van der Waals surface area (Å²) in [6.07, 6.45) is -0.0275. The second-order valence-corrected chi connectivity index (χ2v) is 5.42. The summed E-state index contributed by atoms with van der Waals surface area (Å²) in [6.45, 7) is 0. The Kier molecular flexibility index (Phi) is 3.08. The fourth-order valence-electron chi connectivity index (χ4n) is 2.78. The van der Waals surface area contributed by atoms with Gasteiger partial charge in [0, 0.05) is 5.56 Å². The average molecular weight is 303 g/mol. The highest BCUT2D eigenvalue weighted by Crippen LogP contribution is 2.30. The van der Waals surface area contributed by atoms with Crippen LogP contribution in [0.3, 0.4) is 0 Å². The lowest BCUT2D eigenvalue weighted by atomic mass is 10.0. The topological polar surface area (TPSA) is 63.3 Å². The van der Waals surface area contributed by atoms with Gasteiger partial charge < -0.3 is 9.52 Å². The molecule has 0 spiro atoms. The molecule has 1 aromatic heterocycles. The standard InChI is InChI=1S/C19H13NO3/c21-18(22)11-12-8-9-16-17(10-12)23-19(20-16)15-7-3-5-13-4-1-2-6-14(13)15/h1-10H,11H2,(H,21,22). The zero-order valence-corrected chi connectivity index (χ0v) is 12.2. The number of aliphatic carboxylic acids is 1. The number of carbonyl (C=O) groups is 1. The Morgan fingerprint density at radius 3 is 2.74 bits per heavy atom. The normalized spacial score (nSPS) is 11.1. The van der Waals surface area contributed by atoms with Gasteiger partial charge in [-0.1, -0.05) is 42.5 Å². The van der Waals surface area contributed by atoms with Crippen molar-refractivity contribution < 1.29 is 14.3 Å². The number of carboxylic acids is 1. The van der Waals surface area contributed by atoms with Crippen LogP contribution in [-0.4, -0.2) is 16.1 Å². The van der Waals surface area contributed by atoms with Gasteiger partial charge in [-0.05, 0) is 34.5 Å². The molecule has 1 heterocycles. The van der Waals surface area contributed by atoms with E-state index in [-0.39, 0.29) is 6.42 Å². The monoisotopic (exact) mass is 303 g/mol. The number of nitrogens with zero attached hydrogens (tertiary/aromatic N) is 1. The fraction of sp³-hybridized carbons (Fsp3) is 0.0526. The molecule has 23 heavy (non-hydrogen) atoms. The molecule has 3 aromatic carbocycles. The maximum absolute atomic E-state index is 10.8. The Bertz CT molecular complexity index is 1030. The second kappa shape index (κ2) is 5.25. The quantitative estimate of drug-likeness (QED) is 0.613. The third-order valence-corrected chi connectivity index (χ3v) is 3.83. The number of carboxylic acid groups (broad SMARTS) is 1. The summed E-state index contributed by atoms with van der Waals surface area (Å²) in [5.41, 5.74) is 2.96. The summed E-state index contributed by atoms with van der Waals surface area (Å²) in [4.78, 5) is 15.4. The van der Waals surface area contributed by atoms with Crippen LogP contribution in [0.4, 0.5) is 0 Å². The van der Waals surface area contributed by atoms with E-state index in [4.69, 9.17) is 9.52 Å². The second-order valence-electron chi connectivity index (χ2n) is 5.42. The van der Waals surface area contributed by atoms with Crippen LogP contribution in [0.5, 0.6) is 0 Å². The van der Waals surface area contributed by atoms with E-state index in [0.717, 1.165) is 21.9 Å². The van der Waals surface area contributed by atoms with Gasteiger partial charge in [-0.25, -0.2) is 4.98 Å². The molecule has 4 aromatic rings. The predicted octanol–water partition coefficient (Wildman–Crippen LogP) is 4.28. The SMILES string of the molecule is O=C(O)Cc1ccc2nc(-c3cccc4ccccc34)oc2c1. The van der Waals surface area contributed by atoms with Crippen LogP contribution in [0.2, 0.25) is 0 Å². The van der Waals surface area contributed by atoms with Crippen molar-refractivity contribution in [3.05, 3.63) is 66.2 Å². The Morgan fingerprint density at radius 1 is 1.04 bits per heavy atom. The van der Waals surface area contributed by atoms with Gasteiger partial charge in [0.2, 0.25) is 5.89 Å². The van der Waals surface area contributed by atoms with Crippen molar-refractivity contribution in [1.82, 2.24) is 4.98 Å². The third-order valence-electron chi connectivity index (χ3n) is 3.83. The third kappa shape index (κ3) is 2.44. The first kappa shape index (κ1) is 13.5. The van der Waals surface area contributed by atoms with E-state index in [2.05, 4.69) is 4.98 Å².